The van der Waals surface area contributed by atoms with E-state index < -0.39 is 0 Å². The first-order valence-corrected chi connectivity index (χ1v) is 12.5. The summed E-state index contributed by atoms with van der Waals surface area (Å²) in [6.07, 6.45) is 4.72. The van der Waals surface area contributed by atoms with Gasteiger partial charge >= 0.3 is 0 Å². The zero-order chi connectivity index (χ0) is 24.8. The van der Waals surface area contributed by atoms with Gasteiger partial charge in [0, 0.05) is 48.7 Å². The van der Waals surface area contributed by atoms with Crippen LogP contribution < -0.4 is 5.32 Å². The number of amides is 1. The Bertz CT molecular complexity index is 1450. The Labute approximate surface area is 210 Å². The minimum Gasteiger partial charge on any atom is -0.378 e. The van der Waals surface area contributed by atoms with E-state index in [-0.39, 0.29) is 11.9 Å². The van der Waals surface area contributed by atoms with Gasteiger partial charge in [0.2, 0.25) is 0 Å². The van der Waals surface area contributed by atoms with Gasteiger partial charge in [-0.1, -0.05) is 6.07 Å². The van der Waals surface area contributed by atoms with Gasteiger partial charge < -0.3 is 19.9 Å². The highest BCUT2D eigenvalue weighted by Crippen LogP contribution is 2.34. The molecule has 3 aromatic heterocycles. The van der Waals surface area contributed by atoms with Gasteiger partial charge in [0.15, 0.2) is 0 Å². The average Bonchev–Trinajstić information content (AvgIpc) is 3.27. The summed E-state index contributed by atoms with van der Waals surface area (Å²) >= 11 is 0. The molecule has 8 heteroatoms. The normalized spacial score (nSPS) is 17.9. The standard InChI is InChI=1S/C28H30N6O2/c1-16-12-30-27-22(16)11-21(13-31-27)20-9-19-4-6-34(28(35)25-8-17(2)32-18(3)33-25)14-24(19)23(10-20)26-15-36-7-5-29-26/h8-13,26,29H,4-7,14-15H2,1-3H3,(H,30,31)/t26-/m0/s1. The van der Waals surface area contributed by atoms with Gasteiger partial charge in [-0.15, -0.1) is 0 Å². The lowest BCUT2D eigenvalue weighted by Crippen LogP contribution is -2.39. The number of benzene rings is 1. The van der Waals surface area contributed by atoms with Crippen molar-refractivity contribution in [2.75, 3.05) is 26.3 Å². The molecule has 0 spiro atoms. The van der Waals surface area contributed by atoms with E-state index in [1.807, 2.05) is 31.1 Å². The van der Waals surface area contributed by atoms with Crippen LogP contribution >= 0.6 is 0 Å². The third-order valence-electron chi connectivity index (χ3n) is 7.22. The van der Waals surface area contributed by atoms with Crippen LogP contribution in [0.15, 0.2) is 36.7 Å². The van der Waals surface area contributed by atoms with E-state index in [4.69, 9.17) is 4.74 Å². The maximum Gasteiger partial charge on any atom is 0.272 e. The summed E-state index contributed by atoms with van der Waals surface area (Å²) in [5.74, 6) is 0.572. The number of aryl methyl sites for hydroxylation is 3. The first-order valence-electron chi connectivity index (χ1n) is 12.5. The molecule has 0 aliphatic carbocycles. The average molecular weight is 483 g/mol. The van der Waals surface area contributed by atoms with Gasteiger partial charge in [0.1, 0.15) is 17.2 Å². The number of morpholine rings is 1. The van der Waals surface area contributed by atoms with E-state index >= 15 is 0 Å². The van der Waals surface area contributed by atoms with Crippen molar-refractivity contribution in [3.05, 3.63) is 76.1 Å². The maximum absolute atomic E-state index is 13.4. The Morgan fingerprint density at radius 1 is 1.11 bits per heavy atom. The van der Waals surface area contributed by atoms with Crippen molar-refractivity contribution in [1.82, 2.24) is 30.2 Å². The Morgan fingerprint density at radius 3 is 2.81 bits per heavy atom. The van der Waals surface area contributed by atoms with Crippen LogP contribution in [-0.4, -0.2) is 57.0 Å². The molecule has 2 aliphatic heterocycles. The minimum absolute atomic E-state index is 0.0466. The second kappa shape index (κ2) is 9.11. The number of aromatic amines is 1. The first kappa shape index (κ1) is 22.8. The molecule has 1 fully saturated rings. The third kappa shape index (κ3) is 4.16. The molecule has 0 bridgehead atoms. The van der Waals surface area contributed by atoms with Crippen molar-refractivity contribution >= 4 is 16.9 Å². The molecule has 6 rings (SSSR count). The molecule has 1 atom stereocenters. The number of nitrogens with zero attached hydrogens (tertiary/aromatic N) is 4. The van der Waals surface area contributed by atoms with E-state index in [0.717, 1.165) is 40.8 Å². The lowest BCUT2D eigenvalue weighted by atomic mass is 9.87. The van der Waals surface area contributed by atoms with Gasteiger partial charge in [-0.3, -0.25) is 4.79 Å². The lowest BCUT2D eigenvalue weighted by Gasteiger charge is -2.34. The molecule has 2 N–H and O–H groups in total. The molecule has 0 radical (unpaired) electrons. The van der Waals surface area contributed by atoms with Crippen molar-refractivity contribution < 1.29 is 9.53 Å². The quantitative estimate of drug-likeness (QED) is 0.461. The number of nitrogens with one attached hydrogen (secondary N) is 2. The third-order valence-corrected chi connectivity index (χ3v) is 7.22. The van der Waals surface area contributed by atoms with Crippen molar-refractivity contribution in [2.45, 2.75) is 39.8 Å². The number of carbonyl (C=O) groups excluding carboxylic acids is 1. The Balaban J connectivity index is 1.40. The van der Waals surface area contributed by atoms with Gasteiger partial charge in [0.05, 0.1) is 19.3 Å². The number of fused-ring (bicyclic) bond motifs is 2. The van der Waals surface area contributed by atoms with E-state index in [9.17, 15) is 4.79 Å². The molecule has 184 valence electrons. The van der Waals surface area contributed by atoms with Crippen molar-refractivity contribution in [3.8, 4) is 11.1 Å². The molecule has 4 aromatic rings. The van der Waals surface area contributed by atoms with Crippen molar-refractivity contribution in [2.24, 2.45) is 0 Å². The number of aromatic nitrogens is 4. The number of H-pyrrole nitrogens is 1. The molecule has 0 saturated carbocycles. The zero-order valence-electron chi connectivity index (χ0n) is 20.9. The second-order valence-corrected chi connectivity index (χ2v) is 9.80. The van der Waals surface area contributed by atoms with Crippen molar-refractivity contribution in [3.63, 3.8) is 0 Å². The number of hydrogen-bond donors (Lipinski definition) is 2. The molecule has 5 heterocycles. The minimum atomic E-state index is -0.0466. The second-order valence-electron chi connectivity index (χ2n) is 9.80. The highest BCUT2D eigenvalue weighted by Gasteiger charge is 2.29. The van der Waals surface area contributed by atoms with Crippen LogP contribution in [0.4, 0.5) is 0 Å². The van der Waals surface area contributed by atoms with Crippen LogP contribution in [0.1, 0.15) is 50.3 Å². The lowest BCUT2D eigenvalue weighted by molar-refractivity contribution is 0.0710. The molecule has 0 unspecified atom stereocenters. The van der Waals surface area contributed by atoms with Gasteiger partial charge in [-0.25, -0.2) is 15.0 Å². The fourth-order valence-corrected chi connectivity index (χ4v) is 5.39. The Hall–Kier alpha value is -3.62. The van der Waals surface area contributed by atoms with Gasteiger partial charge in [0.25, 0.3) is 5.91 Å². The van der Waals surface area contributed by atoms with E-state index in [2.05, 4.69) is 50.4 Å². The molecular weight excluding hydrogens is 452 g/mol. The molecule has 36 heavy (non-hydrogen) atoms. The number of hydrogen-bond acceptors (Lipinski definition) is 6. The fraction of sp³-hybridized carbons (Fsp3) is 0.357. The largest absolute Gasteiger partial charge is 0.378 e. The van der Waals surface area contributed by atoms with Crippen LogP contribution in [0.2, 0.25) is 0 Å². The highest BCUT2D eigenvalue weighted by atomic mass is 16.5. The van der Waals surface area contributed by atoms with Crippen LogP contribution in [-0.2, 0) is 17.7 Å². The zero-order valence-corrected chi connectivity index (χ0v) is 20.9. The first-order chi connectivity index (χ1) is 17.5. The summed E-state index contributed by atoms with van der Waals surface area (Å²) in [6.45, 7) is 9.15. The Kier molecular flexibility index (Phi) is 5.78. The fourth-order valence-electron chi connectivity index (χ4n) is 5.39. The van der Waals surface area contributed by atoms with Crippen LogP contribution in [0.3, 0.4) is 0 Å². The predicted octanol–water partition coefficient (Wildman–Crippen LogP) is 3.80. The monoisotopic (exact) mass is 482 g/mol. The molecule has 1 aromatic carbocycles. The number of pyridine rings is 1. The predicted molar refractivity (Wildman–Crippen MR) is 138 cm³/mol. The number of ether oxygens (including phenoxy) is 1. The van der Waals surface area contributed by atoms with Gasteiger partial charge in [-0.05, 0) is 73.2 Å². The highest BCUT2D eigenvalue weighted by molar-refractivity contribution is 5.92. The Morgan fingerprint density at radius 2 is 2.00 bits per heavy atom. The molecule has 1 saturated heterocycles. The SMILES string of the molecule is Cc1cc(C(=O)N2CCc3cc(-c4cnc5[nH]cc(C)c5c4)cc([C@@H]4COCCN4)c3C2)nc(C)n1. The van der Waals surface area contributed by atoms with E-state index in [1.54, 1.807) is 6.07 Å². The smallest absolute Gasteiger partial charge is 0.272 e. The van der Waals surface area contributed by atoms with E-state index in [1.165, 1.54) is 22.3 Å². The van der Waals surface area contributed by atoms with Crippen LogP contribution in [0, 0.1) is 20.8 Å². The van der Waals surface area contributed by atoms with E-state index in [0.29, 0.717) is 37.8 Å². The molecule has 2 aliphatic rings. The molecule has 8 nitrogen and oxygen atoms in total. The molecule has 1 amide bonds. The summed E-state index contributed by atoms with van der Waals surface area (Å²) in [4.78, 5) is 31.9. The van der Waals surface area contributed by atoms with Crippen LogP contribution in [0.5, 0.6) is 0 Å². The number of carbonyl (C=O) groups is 1. The van der Waals surface area contributed by atoms with Crippen molar-refractivity contribution in [1.29, 1.82) is 0 Å². The summed E-state index contributed by atoms with van der Waals surface area (Å²) in [5.41, 5.74) is 9.27. The van der Waals surface area contributed by atoms with Crippen LogP contribution in [0.25, 0.3) is 22.2 Å². The summed E-state index contributed by atoms with van der Waals surface area (Å²) in [5, 5.41) is 4.76. The summed E-state index contributed by atoms with van der Waals surface area (Å²) in [7, 11) is 0. The molecular formula is C28H30N6O2. The topological polar surface area (TPSA) is 96.0 Å². The maximum atomic E-state index is 13.4. The summed E-state index contributed by atoms with van der Waals surface area (Å²) < 4.78 is 5.83. The van der Waals surface area contributed by atoms with Gasteiger partial charge in [-0.2, -0.15) is 0 Å². The number of rotatable bonds is 3. The summed E-state index contributed by atoms with van der Waals surface area (Å²) in [6, 6.07) is 8.59.